The minimum absolute atomic E-state index is 0.0110. The molecular weight excluding hydrogens is 218 g/mol. The molecule has 0 aromatic carbocycles. The lowest BCUT2D eigenvalue weighted by atomic mass is 10.00. The Morgan fingerprint density at radius 3 is 2.47 bits per heavy atom. The molecule has 0 saturated carbocycles. The molecular formula is C13H25NO3. The molecule has 0 spiro atoms. The van der Waals surface area contributed by atoms with E-state index in [0.29, 0.717) is 13.0 Å². The third-order valence-electron chi connectivity index (χ3n) is 2.72. The number of carbonyl (C=O) groups is 2. The lowest BCUT2D eigenvalue weighted by Crippen LogP contribution is -2.28. The van der Waals surface area contributed by atoms with E-state index < -0.39 is 0 Å². The van der Waals surface area contributed by atoms with Crippen LogP contribution in [0.4, 0.5) is 0 Å². The molecule has 0 radical (unpaired) electrons. The standard InChI is InChI=1S/C13H25NO3/c1-4-7-8-11(5-2)13(16)17-10-9-14-12(15)6-3/h11H,4-10H2,1-3H3,(H,14,15). The smallest absolute Gasteiger partial charge is 0.308 e. The van der Waals surface area contributed by atoms with E-state index in [2.05, 4.69) is 12.2 Å². The molecule has 4 nitrogen and oxygen atoms in total. The Labute approximate surface area is 104 Å². The summed E-state index contributed by atoms with van der Waals surface area (Å²) in [5.41, 5.74) is 0. The highest BCUT2D eigenvalue weighted by Crippen LogP contribution is 2.14. The van der Waals surface area contributed by atoms with Gasteiger partial charge in [-0.15, -0.1) is 0 Å². The molecule has 0 heterocycles. The van der Waals surface area contributed by atoms with Crippen molar-refractivity contribution >= 4 is 11.9 Å². The Balaban J connectivity index is 3.71. The van der Waals surface area contributed by atoms with Crippen molar-refractivity contribution in [3.05, 3.63) is 0 Å². The molecule has 17 heavy (non-hydrogen) atoms. The minimum atomic E-state index is -0.133. The summed E-state index contributed by atoms with van der Waals surface area (Å²) >= 11 is 0. The molecule has 1 unspecified atom stereocenters. The van der Waals surface area contributed by atoms with E-state index in [-0.39, 0.29) is 24.4 Å². The lowest BCUT2D eigenvalue weighted by molar-refractivity contribution is -0.149. The molecule has 100 valence electrons. The molecule has 1 amide bonds. The van der Waals surface area contributed by atoms with E-state index >= 15 is 0 Å². The minimum Gasteiger partial charge on any atom is -0.464 e. The topological polar surface area (TPSA) is 55.4 Å². The van der Waals surface area contributed by atoms with Gasteiger partial charge in [0.15, 0.2) is 0 Å². The van der Waals surface area contributed by atoms with Crippen LogP contribution in [0.15, 0.2) is 0 Å². The van der Waals surface area contributed by atoms with Gasteiger partial charge in [-0.1, -0.05) is 33.6 Å². The van der Waals surface area contributed by atoms with E-state index in [1.54, 1.807) is 6.92 Å². The van der Waals surface area contributed by atoms with E-state index in [9.17, 15) is 9.59 Å². The van der Waals surface area contributed by atoms with Crippen molar-refractivity contribution in [1.29, 1.82) is 0 Å². The Hall–Kier alpha value is -1.06. The second-order valence-electron chi connectivity index (χ2n) is 4.12. The first-order valence-electron chi connectivity index (χ1n) is 6.58. The second kappa shape index (κ2) is 10.1. The van der Waals surface area contributed by atoms with Gasteiger partial charge in [-0.25, -0.2) is 0 Å². The number of esters is 1. The van der Waals surface area contributed by atoms with Crippen LogP contribution in [0.2, 0.25) is 0 Å². The lowest BCUT2D eigenvalue weighted by Gasteiger charge is -2.13. The summed E-state index contributed by atoms with van der Waals surface area (Å²) in [7, 11) is 0. The van der Waals surface area contributed by atoms with Crippen molar-refractivity contribution in [1.82, 2.24) is 5.32 Å². The number of hydrogen-bond acceptors (Lipinski definition) is 3. The average molecular weight is 243 g/mol. The van der Waals surface area contributed by atoms with Gasteiger partial charge in [0.2, 0.25) is 5.91 Å². The predicted octanol–water partition coefficient (Wildman–Crippen LogP) is 2.27. The van der Waals surface area contributed by atoms with Gasteiger partial charge in [0.1, 0.15) is 6.61 Å². The molecule has 4 heteroatoms. The third kappa shape index (κ3) is 7.77. The van der Waals surface area contributed by atoms with Crippen LogP contribution in [0.25, 0.3) is 0 Å². The highest BCUT2D eigenvalue weighted by molar-refractivity contribution is 5.75. The fourth-order valence-electron chi connectivity index (χ4n) is 1.52. The molecule has 0 saturated heterocycles. The van der Waals surface area contributed by atoms with Crippen molar-refractivity contribution in [2.24, 2.45) is 5.92 Å². The number of nitrogens with one attached hydrogen (secondary N) is 1. The summed E-state index contributed by atoms with van der Waals surface area (Å²) in [5.74, 6) is -0.136. The SMILES string of the molecule is CCCCC(CC)C(=O)OCCNC(=O)CC. The Morgan fingerprint density at radius 1 is 1.24 bits per heavy atom. The predicted molar refractivity (Wildman–Crippen MR) is 67.6 cm³/mol. The fraction of sp³-hybridized carbons (Fsp3) is 0.846. The van der Waals surface area contributed by atoms with Crippen LogP contribution in [-0.4, -0.2) is 25.0 Å². The number of rotatable bonds is 9. The first-order chi connectivity index (χ1) is 8.15. The molecule has 0 aliphatic heterocycles. The highest BCUT2D eigenvalue weighted by Gasteiger charge is 2.16. The Bertz CT molecular complexity index is 229. The maximum Gasteiger partial charge on any atom is 0.308 e. The highest BCUT2D eigenvalue weighted by atomic mass is 16.5. The first-order valence-corrected chi connectivity index (χ1v) is 6.58. The van der Waals surface area contributed by atoms with Gasteiger partial charge in [-0.3, -0.25) is 9.59 Å². The number of unbranched alkanes of at least 4 members (excludes halogenated alkanes) is 1. The Morgan fingerprint density at radius 2 is 1.94 bits per heavy atom. The monoisotopic (exact) mass is 243 g/mol. The normalized spacial score (nSPS) is 11.9. The maximum absolute atomic E-state index is 11.7. The number of carbonyl (C=O) groups excluding carboxylic acids is 2. The molecule has 0 fully saturated rings. The summed E-state index contributed by atoms with van der Waals surface area (Å²) < 4.78 is 5.13. The van der Waals surface area contributed by atoms with E-state index in [0.717, 1.165) is 25.7 Å². The molecule has 0 aliphatic carbocycles. The zero-order valence-electron chi connectivity index (χ0n) is 11.3. The summed E-state index contributed by atoms with van der Waals surface area (Å²) in [4.78, 5) is 22.6. The van der Waals surface area contributed by atoms with E-state index in [1.165, 1.54) is 0 Å². The molecule has 0 bridgehead atoms. The summed E-state index contributed by atoms with van der Waals surface area (Å²) in [5, 5.41) is 2.67. The van der Waals surface area contributed by atoms with Gasteiger partial charge in [-0.05, 0) is 12.8 Å². The Kier molecular flexibility index (Phi) is 9.49. The van der Waals surface area contributed by atoms with Crippen molar-refractivity contribution in [2.75, 3.05) is 13.2 Å². The van der Waals surface area contributed by atoms with Crippen LogP contribution in [-0.2, 0) is 14.3 Å². The summed E-state index contributed by atoms with van der Waals surface area (Å²) in [6.45, 7) is 6.58. The van der Waals surface area contributed by atoms with Crippen molar-refractivity contribution in [2.45, 2.75) is 52.9 Å². The second-order valence-corrected chi connectivity index (χ2v) is 4.12. The summed E-state index contributed by atoms with van der Waals surface area (Å²) in [6.07, 6.45) is 4.33. The van der Waals surface area contributed by atoms with Gasteiger partial charge in [0.25, 0.3) is 0 Å². The number of ether oxygens (including phenoxy) is 1. The van der Waals surface area contributed by atoms with E-state index in [4.69, 9.17) is 4.74 Å². The molecule has 0 aromatic heterocycles. The molecule has 0 rings (SSSR count). The molecule has 0 aliphatic rings. The van der Waals surface area contributed by atoms with Crippen LogP contribution in [0.3, 0.4) is 0 Å². The number of hydrogen-bond donors (Lipinski definition) is 1. The van der Waals surface area contributed by atoms with Crippen LogP contribution in [0.1, 0.15) is 52.9 Å². The van der Waals surface area contributed by atoms with Gasteiger partial charge in [0, 0.05) is 6.42 Å². The fourth-order valence-corrected chi connectivity index (χ4v) is 1.52. The zero-order valence-corrected chi connectivity index (χ0v) is 11.3. The van der Waals surface area contributed by atoms with Crippen molar-refractivity contribution in [3.63, 3.8) is 0 Å². The largest absolute Gasteiger partial charge is 0.464 e. The zero-order chi connectivity index (χ0) is 13.1. The number of amides is 1. The molecule has 0 aromatic rings. The maximum atomic E-state index is 11.7. The summed E-state index contributed by atoms with van der Waals surface area (Å²) in [6, 6.07) is 0. The van der Waals surface area contributed by atoms with Crippen molar-refractivity contribution < 1.29 is 14.3 Å². The molecule has 1 atom stereocenters. The van der Waals surface area contributed by atoms with Gasteiger partial charge >= 0.3 is 5.97 Å². The third-order valence-corrected chi connectivity index (χ3v) is 2.72. The van der Waals surface area contributed by atoms with Gasteiger partial charge in [0.05, 0.1) is 12.5 Å². The first kappa shape index (κ1) is 15.9. The van der Waals surface area contributed by atoms with Crippen LogP contribution in [0, 0.1) is 5.92 Å². The molecule has 1 N–H and O–H groups in total. The average Bonchev–Trinajstić information content (AvgIpc) is 2.35. The quantitative estimate of drug-likeness (QED) is 0.499. The van der Waals surface area contributed by atoms with Crippen LogP contribution < -0.4 is 5.32 Å². The van der Waals surface area contributed by atoms with Gasteiger partial charge in [-0.2, -0.15) is 0 Å². The van der Waals surface area contributed by atoms with Crippen LogP contribution >= 0.6 is 0 Å². The van der Waals surface area contributed by atoms with E-state index in [1.807, 2.05) is 6.92 Å². The van der Waals surface area contributed by atoms with Crippen LogP contribution in [0.5, 0.6) is 0 Å². The van der Waals surface area contributed by atoms with Gasteiger partial charge < -0.3 is 10.1 Å². The van der Waals surface area contributed by atoms with Crippen molar-refractivity contribution in [3.8, 4) is 0 Å².